The van der Waals surface area contributed by atoms with E-state index in [2.05, 4.69) is 9.71 Å². The third kappa shape index (κ3) is 4.60. The van der Waals surface area contributed by atoms with Gasteiger partial charge in [-0.25, -0.2) is 18.1 Å². The van der Waals surface area contributed by atoms with Gasteiger partial charge in [-0.15, -0.1) is 22.7 Å². The van der Waals surface area contributed by atoms with Crippen LogP contribution in [0.2, 0.25) is 5.02 Å². The van der Waals surface area contributed by atoms with Crippen LogP contribution in [0.5, 0.6) is 0 Å². The van der Waals surface area contributed by atoms with Crippen molar-refractivity contribution in [2.45, 2.75) is 30.0 Å². The maximum Gasteiger partial charge on any atom is 0.265 e. The highest BCUT2D eigenvalue weighted by Crippen LogP contribution is 2.31. The molecular formula is C20H20ClN3O3S3. The molecule has 2 aromatic heterocycles. The second-order valence-corrected chi connectivity index (χ2v) is 11.4. The van der Waals surface area contributed by atoms with Crippen molar-refractivity contribution in [1.82, 2.24) is 14.6 Å². The maximum atomic E-state index is 13.0. The number of rotatable bonds is 5. The number of amides is 1. The van der Waals surface area contributed by atoms with Crippen LogP contribution in [0.3, 0.4) is 0 Å². The molecule has 0 radical (unpaired) electrons. The molecule has 1 aliphatic rings. The number of hydrogen-bond acceptors (Lipinski definition) is 6. The van der Waals surface area contributed by atoms with Crippen LogP contribution in [0.15, 0.2) is 46.0 Å². The zero-order valence-electron chi connectivity index (χ0n) is 16.2. The first-order valence-corrected chi connectivity index (χ1v) is 13.0. The Balaban J connectivity index is 1.41. The van der Waals surface area contributed by atoms with E-state index in [1.807, 2.05) is 25.1 Å². The van der Waals surface area contributed by atoms with Gasteiger partial charge in [-0.2, -0.15) is 0 Å². The summed E-state index contributed by atoms with van der Waals surface area (Å²) in [7, 11) is -3.50. The number of thiazole rings is 1. The van der Waals surface area contributed by atoms with E-state index >= 15 is 0 Å². The Bertz CT molecular complexity index is 1150. The van der Waals surface area contributed by atoms with Crippen LogP contribution in [-0.4, -0.2) is 43.3 Å². The lowest BCUT2D eigenvalue weighted by atomic mass is 10.1. The van der Waals surface area contributed by atoms with E-state index in [9.17, 15) is 13.2 Å². The second kappa shape index (κ2) is 8.76. The molecule has 3 aromatic rings. The number of piperidine rings is 1. The fourth-order valence-electron chi connectivity index (χ4n) is 3.38. The minimum Gasteiger partial charge on any atom is -0.338 e. The number of aromatic nitrogens is 1. The lowest BCUT2D eigenvalue weighted by molar-refractivity contribution is 0.0715. The molecule has 1 aliphatic heterocycles. The first kappa shape index (κ1) is 21.5. The summed E-state index contributed by atoms with van der Waals surface area (Å²) in [5.41, 5.74) is 1.58. The number of nitrogens with zero attached hydrogens (tertiary/aromatic N) is 2. The molecule has 1 N–H and O–H groups in total. The number of benzene rings is 1. The molecule has 3 heterocycles. The minimum atomic E-state index is -3.50. The molecular weight excluding hydrogens is 462 g/mol. The first-order chi connectivity index (χ1) is 14.3. The number of nitrogens with one attached hydrogen (secondary N) is 1. The van der Waals surface area contributed by atoms with Crippen LogP contribution in [-0.2, 0) is 10.0 Å². The molecule has 1 aromatic carbocycles. The molecule has 4 rings (SSSR count). The summed E-state index contributed by atoms with van der Waals surface area (Å²) in [6.45, 7) is 2.83. The number of aryl methyl sites for hydroxylation is 1. The number of thiophene rings is 1. The fourth-order valence-corrected chi connectivity index (χ4v) is 6.91. The van der Waals surface area contributed by atoms with Gasteiger partial charge < -0.3 is 4.90 Å². The molecule has 10 heteroatoms. The van der Waals surface area contributed by atoms with Gasteiger partial charge in [0, 0.05) is 29.7 Å². The van der Waals surface area contributed by atoms with E-state index < -0.39 is 10.0 Å². The maximum absolute atomic E-state index is 13.0. The van der Waals surface area contributed by atoms with Crippen LogP contribution in [0, 0.1) is 6.92 Å². The Morgan fingerprint density at radius 3 is 2.67 bits per heavy atom. The van der Waals surface area contributed by atoms with Gasteiger partial charge in [-0.3, -0.25) is 4.79 Å². The summed E-state index contributed by atoms with van der Waals surface area (Å²) in [5, 5.41) is 3.13. The minimum absolute atomic E-state index is 0.0576. The van der Waals surface area contributed by atoms with Crippen molar-refractivity contribution in [2.75, 3.05) is 13.1 Å². The van der Waals surface area contributed by atoms with Crippen LogP contribution in [0.4, 0.5) is 0 Å². The van der Waals surface area contributed by atoms with Gasteiger partial charge in [-0.05, 0) is 43.3 Å². The number of sulfonamides is 1. The summed E-state index contributed by atoms with van der Waals surface area (Å²) in [4.78, 5) is 20.0. The van der Waals surface area contributed by atoms with Gasteiger partial charge >= 0.3 is 0 Å². The van der Waals surface area contributed by atoms with Crippen molar-refractivity contribution in [1.29, 1.82) is 0 Å². The number of carbonyl (C=O) groups excluding carboxylic acids is 1. The van der Waals surface area contributed by atoms with Gasteiger partial charge in [-0.1, -0.05) is 29.8 Å². The number of halogens is 1. The molecule has 0 spiro atoms. The smallest absolute Gasteiger partial charge is 0.265 e. The summed E-state index contributed by atoms with van der Waals surface area (Å²) in [5.74, 6) is -0.0576. The molecule has 158 valence electrons. The number of carbonyl (C=O) groups is 1. The Labute approximate surface area is 188 Å². The van der Waals surface area contributed by atoms with Crippen molar-refractivity contribution < 1.29 is 13.2 Å². The Hall–Kier alpha value is -1.78. The number of hydrogen-bond donors (Lipinski definition) is 1. The SMILES string of the molecule is Cc1nc(-c2cccc(Cl)c2)sc1C(=O)N1CCC(NS(=O)(=O)c2cccs2)CC1. The van der Waals surface area contributed by atoms with Crippen molar-refractivity contribution >= 4 is 50.2 Å². The molecule has 0 saturated carbocycles. The molecule has 30 heavy (non-hydrogen) atoms. The molecule has 0 atom stereocenters. The fraction of sp³-hybridized carbons (Fsp3) is 0.300. The third-order valence-corrected chi connectivity index (χ3v) is 9.27. The van der Waals surface area contributed by atoms with E-state index in [0.29, 0.717) is 45.7 Å². The van der Waals surface area contributed by atoms with Gasteiger partial charge in [0.2, 0.25) is 10.0 Å². The summed E-state index contributed by atoms with van der Waals surface area (Å²) >= 11 is 8.63. The quantitative estimate of drug-likeness (QED) is 0.585. The van der Waals surface area contributed by atoms with Crippen LogP contribution in [0.1, 0.15) is 28.2 Å². The average Bonchev–Trinajstić information content (AvgIpc) is 3.38. The molecule has 0 aliphatic carbocycles. The van der Waals surface area contributed by atoms with Crippen molar-refractivity contribution in [3.63, 3.8) is 0 Å². The molecule has 6 nitrogen and oxygen atoms in total. The zero-order valence-corrected chi connectivity index (χ0v) is 19.4. The highest BCUT2D eigenvalue weighted by molar-refractivity contribution is 7.91. The molecule has 0 bridgehead atoms. The highest BCUT2D eigenvalue weighted by Gasteiger charge is 2.29. The normalized spacial score (nSPS) is 15.5. The average molecular weight is 482 g/mol. The van der Waals surface area contributed by atoms with Crippen LogP contribution in [0.25, 0.3) is 10.6 Å². The second-order valence-electron chi connectivity index (χ2n) is 7.06. The monoisotopic (exact) mass is 481 g/mol. The van der Waals surface area contributed by atoms with Gasteiger partial charge in [0.1, 0.15) is 14.1 Å². The van der Waals surface area contributed by atoms with Crippen molar-refractivity contribution in [2.24, 2.45) is 0 Å². The first-order valence-electron chi connectivity index (χ1n) is 9.42. The van der Waals surface area contributed by atoms with Crippen molar-refractivity contribution in [3.8, 4) is 10.6 Å². The van der Waals surface area contributed by atoms with E-state index in [1.54, 1.807) is 28.5 Å². The zero-order chi connectivity index (χ0) is 21.3. The topological polar surface area (TPSA) is 79.4 Å². The molecule has 1 amide bonds. The molecule has 1 saturated heterocycles. The summed E-state index contributed by atoms with van der Waals surface area (Å²) < 4.78 is 27.9. The van der Waals surface area contributed by atoms with Gasteiger partial charge in [0.15, 0.2) is 0 Å². The Kier molecular flexibility index (Phi) is 6.26. The highest BCUT2D eigenvalue weighted by atomic mass is 35.5. The Morgan fingerprint density at radius 1 is 1.23 bits per heavy atom. The van der Waals surface area contributed by atoms with Gasteiger partial charge in [0.05, 0.1) is 5.69 Å². The standard InChI is InChI=1S/C20H20ClN3O3S3/c1-13-18(29-19(22-13)14-4-2-5-15(21)12-14)20(25)24-9-7-16(8-10-24)23-30(26,27)17-6-3-11-28-17/h2-6,11-12,16,23H,7-10H2,1H3. The van der Waals surface area contributed by atoms with Crippen LogP contribution < -0.4 is 4.72 Å². The third-order valence-electron chi connectivity index (χ3n) is 4.93. The van der Waals surface area contributed by atoms with E-state index in [4.69, 9.17) is 11.6 Å². The van der Waals surface area contributed by atoms with Crippen molar-refractivity contribution in [3.05, 3.63) is 57.4 Å². The predicted octanol–water partition coefficient (Wildman–Crippen LogP) is 4.42. The van der Waals surface area contributed by atoms with E-state index in [0.717, 1.165) is 10.6 Å². The van der Waals surface area contributed by atoms with E-state index in [1.165, 1.54) is 22.7 Å². The predicted molar refractivity (Wildman–Crippen MR) is 121 cm³/mol. The Morgan fingerprint density at radius 2 is 2.00 bits per heavy atom. The van der Waals surface area contributed by atoms with E-state index in [-0.39, 0.29) is 11.9 Å². The summed E-state index contributed by atoms with van der Waals surface area (Å²) in [6.07, 6.45) is 1.16. The van der Waals surface area contributed by atoms with Crippen LogP contribution >= 0.6 is 34.3 Å². The summed E-state index contributed by atoms with van der Waals surface area (Å²) in [6, 6.07) is 10.5. The lowest BCUT2D eigenvalue weighted by Crippen LogP contribution is -2.46. The molecule has 1 fully saturated rings. The number of likely N-dealkylation sites (tertiary alicyclic amines) is 1. The lowest BCUT2D eigenvalue weighted by Gasteiger charge is -2.32. The largest absolute Gasteiger partial charge is 0.338 e. The molecule has 0 unspecified atom stereocenters. The van der Waals surface area contributed by atoms with Gasteiger partial charge in [0.25, 0.3) is 5.91 Å².